The van der Waals surface area contributed by atoms with Crippen LogP contribution in [0.3, 0.4) is 0 Å². The Bertz CT molecular complexity index is 837. The van der Waals surface area contributed by atoms with Crippen LogP contribution in [0.5, 0.6) is 0 Å². The Hall–Kier alpha value is -2.40. The molecule has 0 aliphatic carbocycles. The molecule has 0 spiro atoms. The second-order valence-electron chi connectivity index (χ2n) is 6.89. The number of H-pyrrole nitrogens is 1. The Morgan fingerprint density at radius 3 is 2.80 bits per heavy atom. The van der Waals surface area contributed by atoms with Gasteiger partial charge >= 0.3 is 0 Å². The zero-order chi connectivity index (χ0) is 17.2. The van der Waals surface area contributed by atoms with Gasteiger partial charge in [-0.05, 0) is 38.8 Å². The van der Waals surface area contributed by atoms with E-state index >= 15 is 0 Å². The fourth-order valence-corrected chi connectivity index (χ4v) is 3.72. The molecule has 4 rings (SSSR count). The van der Waals surface area contributed by atoms with E-state index in [2.05, 4.69) is 57.5 Å². The number of aromatic nitrogens is 3. The summed E-state index contributed by atoms with van der Waals surface area (Å²) in [7, 11) is 0. The third-order valence-electron chi connectivity index (χ3n) is 5.25. The molecule has 1 N–H and O–H groups in total. The van der Waals surface area contributed by atoms with Crippen LogP contribution in [-0.4, -0.2) is 26.8 Å². The molecule has 1 fully saturated rings. The molecule has 25 heavy (non-hydrogen) atoms. The molecule has 1 saturated heterocycles. The molecule has 5 nitrogen and oxygen atoms in total. The minimum Gasteiger partial charge on any atom is -0.356 e. The standard InChI is InChI=1S/C20H24N4O/c1-14-15(2)23-25-20(14)17-12-21-22-19(17)18-10-6-7-11-24(18)13-16-8-4-3-5-9-16/h3-5,8-9,12,18H,6-7,10-11,13H2,1-2H3,(H,21,22)/t18-/m0/s1. The smallest absolute Gasteiger partial charge is 0.173 e. The van der Waals surface area contributed by atoms with Crippen LogP contribution in [0, 0.1) is 13.8 Å². The predicted molar refractivity (Wildman–Crippen MR) is 97.0 cm³/mol. The Morgan fingerprint density at radius 1 is 1.20 bits per heavy atom. The first kappa shape index (κ1) is 16.1. The molecule has 1 aliphatic rings. The molecule has 1 atom stereocenters. The first-order valence-electron chi connectivity index (χ1n) is 8.98. The van der Waals surface area contributed by atoms with E-state index in [9.17, 15) is 0 Å². The summed E-state index contributed by atoms with van der Waals surface area (Å²) in [6.07, 6.45) is 5.49. The topological polar surface area (TPSA) is 58.0 Å². The van der Waals surface area contributed by atoms with Gasteiger partial charge in [0.05, 0.1) is 29.2 Å². The second-order valence-corrected chi connectivity index (χ2v) is 6.89. The lowest BCUT2D eigenvalue weighted by Crippen LogP contribution is -2.33. The highest BCUT2D eigenvalue weighted by Crippen LogP contribution is 2.37. The molecular formula is C20H24N4O. The van der Waals surface area contributed by atoms with Crippen LogP contribution in [0.4, 0.5) is 0 Å². The molecule has 0 saturated carbocycles. The van der Waals surface area contributed by atoms with E-state index in [-0.39, 0.29) is 0 Å². The lowest BCUT2D eigenvalue weighted by atomic mass is 9.95. The number of piperidine rings is 1. The van der Waals surface area contributed by atoms with Crippen LogP contribution in [0.25, 0.3) is 11.3 Å². The number of hydrogen-bond acceptors (Lipinski definition) is 4. The molecule has 5 heteroatoms. The predicted octanol–water partition coefficient (Wildman–Crippen LogP) is 4.41. The summed E-state index contributed by atoms with van der Waals surface area (Å²) in [6.45, 7) is 6.09. The number of aromatic amines is 1. The van der Waals surface area contributed by atoms with E-state index in [1.165, 1.54) is 18.4 Å². The highest BCUT2D eigenvalue weighted by molar-refractivity contribution is 5.64. The summed E-state index contributed by atoms with van der Waals surface area (Å²) in [6, 6.07) is 11.0. The van der Waals surface area contributed by atoms with Crippen LogP contribution in [0.1, 0.15) is 47.8 Å². The van der Waals surface area contributed by atoms with Gasteiger partial charge in [0.1, 0.15) is 0 Å². The van der Waals surface area contributed by atoms with Gasteiger partial charge in [-0.2, -0.15) is 5.10 Å². The lowest BCUT2D eigenvalue weighted by Gasteiger charge is -2.35. The molecule has 0 unspecified atom stereocenters. The van der Waals surface area contributed by atoms with Crippen molar-refractivity contribution in [3.8, 4) is 11.3 Å². The van der Waals surface area contributed by atoms with Crippen LogP contribution < -0.4 is 0 Å². The van der Waals surface area contributed by atoms with Crippen molar-refractivity contribution < 1.29 is 4.52 Å². The molecule has 1 aromatic carbocycles. The van der Waals surface area contributed by atoms with E-state index in [4.69, 9.17) is 4.52 Å². The van der Waals surface area contributed by atoms with Gasteiger partial charge in [0, 0.05) is 12.1 Å². The SMILES string of the molecule is Cc1noc(-c2cn[nH]c2[C@@H]2CCCCN2Cc2ccccc2)c1C. The zero-order valence-electron chi connectivity index (χ0n) is 14.8. The minimum atomic E-state index is 0.330. The quantitative estimate of drug-likeness (QED) is 0.767. The molecule has 0 amide bonds. The van der Waals surface area contributed by atoms with Crippen LogP contribution in [0.15, 0.2) is 41.1 Å². The number of hydrogen-bond donors (Lipinski definition) is 1. The van der Waals surface area contributed by atoms with Crippen molar-refractivity contribution >= 4 is 0 Å². The van der Waals surface area contributed by atoms with Crippen LogP contribution >= 0.6 is 0 Å². The maximum absolute atomic E-state index is 5.60. The van der Waals surface area contributed by atoms with Crippen molar-refractivity contribution in [3.05, 3.63) is 59.0 Å². The fourth-order valence-electron chi connectivity index (χ4n) is 3.72. The summed E-state index contributed by atoms with van der Waals surface area (Å²) >= 11 is 0. The van der Waals surface area contributed by atoms with Crippen molar-refractivity contribution in [1.29, 1.82) is 0 Å². The van der Waals surface area contributed by atoms with Gasteiger partial charge in [0.2, 0.25) is 0 Å². The number of likely N-dealkylation sites (tertiary alicyclic amines) is 1. The summed E-state index contributed by atoms with van der Waals surface area (Å²) in [5.74, 6) is 0.839. The highest BCUT2D eigenvalue weighted by Gasteiger charge is 2.29. The Kier molecular flexibility index (Phi) is 4.40. The maximum Gasteiger partial charge on any atom is 0.173 e. The van der Waals surface area contributed by atoms with Gasteiger partial charge < -0.3 is 4.52 Å². The van der Waals surface area contributed by atoms with Gasteiger partial charge in [0.15, 0.2) is 5.76 Å². The average Bonchev–Trinajstić information content (AvgIpc) is 3.24. The number of benzene rings is 1. The molecule has 0 radical (unpaired) electrons. The van der Waals surface area contributed by atoms with Crippen molar-refractivity contribution in [2.24, 2.45) is 0 Å². The van der Waals surface area contributed by atoms with Crippen LogP contribution in [0.2, 0.25) is 0 Å². The maximum atomic E-state index is 5.60. The molecule has 1 aliphatic heterocycles. The lowest BCUT2D eigenvalue weighted by molar-refractivity contribution is 0.137. The number of aryl methyl sites for hydroxylation is 1. The summed E-state index contributed by atoms with van der Waals surface area (Å²) in [5, 5.41) is 11.7. The van der Waals surface area contributed by atoms with E-state index in [1.54, 1.807) is 0 Å². The van der Waals surface area contributed by atoms with Gasteiger partial charge in [0.25, 0.3) is 0 Å². The molecule has 2 aromatic heterocycles. The Morgan fingerprint density at radius 2 is 2.04 bits per heavy atom. The number of rotatable bonds is 4. The van der Waals surface area contributed by atoms with Crippen molar-refractivity contribution in [1.82, 2.24) is 20.3 Å². The number of nitrogens with zero attached hydrogens (tertiary/aromatic N) is 3. The number of nitrogens with one attached hydrogen (secondary N) is 1. The van der Waals surface area contributed by atoms with E-state index in [0.717, 1.165) is 47.8 Å². The van der Waals surface area contributed by atoms with Crippen molar-refractivity contribution in [3.63, 3.8) is 0 Å². The van der Waals surface area contributed by atoms with E-state index in [1.807, 2.05) is 13.1 Å². The molecule has 3 aromatic rings. The van der Waals surface area contributed by atoms with Crippen LogP contribution in [-0.2, 0) is 6.54 Å². The summed E-state index contributed by atoms with van der Waals surface area (Å²) < 4.78 is 5.60. The van der Waals surface area contributed by atoms with E-state index in [0.29, 0.717) is 6.04 Å². The first-order chi connectivity index (χ1) is 12.2. The normalized spacial score (nSPS) is 18.6. The first-order valence-corrected chi connectivity index (χ1v) is 8.98. The second kappa shape index (κ2) is 6.84. The third-order valence-corrected chi connectivity index (χ3v) is 5.25. The Balaban J connectivity index is 1.66. The molecule has 0 bridgehead atoms. The summed E-state index contributed by atoms with van der Waals surface area (Å²) in [5.41, 5.74) is 5.57. The van der Waals surface area contributed by atoms with Gasteiger partial charge in [-0.15, -0.1) is 0 Å². The van der Waals surface area contributed by atoms with Gasteiger partial charge in [-0.25, -0.2) is 0 Å². The largest absolute Gasteiger partial charge is 0.356 e. The van der Waals surface area contributed by atoms with Gasteiger partial charge in [-0.1, -0.05) is 41.9 Å². The molecule has 130 valence electrons. The summed E-state index contributed by atoms with van der Waals surface area (Å²) in [4.78, 5) is 2.55. The average molecular weight is 336 g/mol. The third kappa shape index (κ3) is 3.12. The monoisotopic (exact) mass is 336 g/mol. The molecule has 3 heterocycles. The molecular weight excluding hydrogens is 312 g/mol. The zero-order valence-corrected chi connectivity index (χ0v) is 14.8. The Labute approximate surface area is 148 Å². The van der Waals surface area contributed by atoms with Crippen molar-refractivity contribution in [2.45, 2.75) is 45.7 Å². The van der Waals surface area contributed by atoms with Gasteiger partial charge in [-0.3, -0.25) is 10.00 Å². The van der Waals surface area contributed by atoms with Crippen molar-refractivity contribution in [2.75, 3.05) is 6.54 Å². The highest BCUT2D eigenvalue weighted by atomic mass is 16.5. The minimum absolute atomic E-state index is 0.330. The van der Waals surface area contributed by atoms with E-state index < -0.39 is 0 Å². The fraction of sp³-hybridized carbons (Fsp3) is 0.400.